The van der Waals surface area contributed by atoms with Gasteiger partial charge in [0.15, 0.2) is 11.5 Å². The normalized spacial score (nSPS) is 12.9. The number of carbonyl (C=O) groups is 1. The van der Waals surface area contributed by atoms with Crippen LogP contribution in [0, 0.1) is 6.92 Å². The summed E-state index contributed by atoms with van der Waals surface area (Å²) in [6.45, 7) is 2.69. The van der Waals surface area contributed by atoms with E-state index in [0.717, 1.165) is 0 Å². The standard InChI is InChI=1S/C15H13ClN2O3/c1-9-11(5-6-13(16)17-9)18-15(19)10-3-2-4-12-14(10)21-8-7-20-12/h2-6H,7-8H2,1H3,(H,18,19). The molecule has 1 N–H and O–H groups in total. The third kappa shape index (κ3) is 2.78. The molecule has 0 saturated heterocycles. The van der Waals surface area contributed by atoms with E-state index in [9.17, 15) is 4.79 Å². The second-order valence-corrected chi connectivity index (χ2v) is 4.94. The van der Waals surface area contributed by atoms with Crippen LogP contribution in [-0.4, -0.2) is 24.1 Å². The number of aryl methyl sites for hydroxylation is 1. The summed E-state index contributed by atoms with van der Waals surface area (Å²) < 4.78 is 11.0. The number of carbonyl (C=O) groups excluding carboxylic acids is 1. The van der Waals surface area contributed by atoms with Gasteiger partial charge in [0.25, 0.3) is 5.91 Å². The summed E-state index contributed by atoms with van der Waals surface area (Å²) in [5.74, 6) is 0.783. The summed E-state index contributed by atoms with van der Waals surface area (Å²) in [4.78, 5) is 16.5. The molecule has 1 aliphatic rings. The molecular formula is C15H13ClN2O3. The Balaban J connectivity index is 1.89. The molecule has 0 saturated carbocycles. The van der Waals surface area contributed by atoms with Crippen molar-refractivity contribution in [1.82, 2.24) is 4.98 Å². The fourth-order valence-electron chi connectivity index (χ4n) is 2.10. The number of hydrogen-bond acceptors (Lipinski definition) is 4. The quantitative estimate of drug-likeness (QED) is 0.866. The van der Waals surface area contributed by atoms with E-state index in [-0.39, 0.29) is 5.91 Å². The number of rotatable bonds is 2. The molecule has 0 aliphatic carbocycles. The molecule has 0 radical (unpaired) electrons. The molecule has 21 heavy (non-hydrogen) atoms. The van der Waals surface area contributed by atoms with Gasteiger partial charge < -0.3 is 14.8 Å². The second-order valence-electron chi connectivity index (χ2n) is 4.55. The number of aromatic nitrogens is 1. The van der Waals surface area contributed by atoms with Crippen molar-refractivity contribution in [3.63, 3.8) is 0 Å². The fourth-order valence-corrected chi connectivity index (χ4v) is 2.29. The molecule has 6 heteroatoms. The maximum absolute atomic E-state index is 12.4. The number of benzene rings is 1. The van der Waals surface area contributed by atoms with Crippen LogP contribution < -0.4 is 14.8 Å². The van der Waals surface area contributed by atoms with Crippen molar-refractivity contribution in [3.8, 4) is 11.5 Å². The van der Waals surface area contributed by atoms with Gasteiger partial charge in [0.1, 0.15) is 18.4 Å². The lowest BCUT2D eigenvalue weighted by Gasteiger charge is -2.20. The third-order valence-corrected chi connectivity index (χ3v) is 3.32. The first-order valence-electron chi connectivity index (χ1n) is 6.48. The smallest absolute Gasteiger partial charge is 0.259 e. The van der Waals surface area contributed by atoms with E-state index in [1.165, 1.54) is 0 Å². The summed E-state index contributed by atoms with van der Waals surface area (Å²) in [5.41, 5.74) is 1.69. The predicted molar refractivity (Wildman–Crippen MR) is 79.4 cm³/mol. The van der Waals surface area contributed by atoms with Gasteiger partial charge in [-0.05, 0) is 31.2 Å². The summed E-state index contributed by atoms with van der Waals surface area (Å²) in [6, 6.07) is 8.58. The van der Waals surface area contributed by atoms with E-state index in [4.69, 9.17) is 21.1 Å². The lowest BCUT2D eigenvalue weighted by Crippen LogP contribution is -2.20. The highest BCUT2D eigenvalue weighted by atomic mass is 35.5. The zero-order valence-corrected chi connectivity index (χ0v) is 12.1. The molecule has 2 heterocycles. The Bertz CT molecular complexity index is 703. The van der Waals surface area contributed by atoms with E-state index >= 15 is 0 Å². The first kappa shape index (κ1) is 13.7. The van der Waals surface area contributed by atoms with Gasteiger partial charge in [-0.1, -0.05) is 17.7 Å². The minimum absolute atomic E-state index is 0.274. The number of pyridine rings is 1. The summed E-state index contributed by atoms with van der Waals surface area (Å²) >= 11 is 5.81. The number of para-hydroxylation sites is 1. The lowest BCUT2D eigenvalue weighted by atomic mass is 10.1. The van der Waals surface area contributed by atoms with Gasteiger partial charge in [-0.15, -0.1) is 0 Å². The number of fused-ring (bicyclic) bond motifs is 1. The number of anilines is 1. The predicted octanol–water partition coefficient (Wildman–Crippen LogP) is 3.07. The Morgan fingerprint density at radius 1 is 1.24 bits per heavy atom. The Labute approximate surface area is 126 Å². The van der Waals surface area contributed by atoms with Crippen LogP contribution >= 0.6 is 11.6 Å². The Hall–Kier alpha value is -2.27. The summed E-state index contributed by atoms with van der Waals surface area (Å²) in [7, 11) is 0. The van der Waals surface area contributed by atoms with Crippen LogP contribution in [0.3, 0.4) is 0 Å². The molecule has 3 rings (SSSR count). The van der Waals surface area contributed by atoms with E-state index in [0.29, 0.717) is 46.8 Å². The van der Waals surface area contributed by atoms with Crippen LogP contribution in [0.15, 0.2) is 30.3 Å². The lowest BCUT2D eigenvalue weighted by molar-refractivity contribution is 0.101. The average Bonchev–Trinajstić information content (AvgIpc) is 2.49. The van der Waals surface area contributed by atoms with E-state index < -0.39 is 0 Å². The van der Waals surface area contributed by atoms with Crippen molar-refractivity contribution < 1.29 is 14.3 Å². The van der Waals surface area contributed by atoms with Crippen molar-refractivity contribution in [3.05, 3.63) is 46.7 Å². The highest BCUT2D eigenvalue weighted by Gasteiger charge is 2.20. The largest absolute Gasteiger partial charge is 0.486 e. The molecule has 1 amide bonds. The molecule has 0 spiro atoms. The van der Waals surface area contributed by atoms with Crippen LogP contribution in [0.25, 0.3) is 0 Å². The van der Waals surface area contributed by atoms with Crippen molar-refractivity contribution in [2.24, 2.45) is 0 Å². The first-order valence-corrected chi connectivity index (χ1v) is 6.86. The molecule has 1 aromatic heterocycles. The highest BCUT2D eigenvalue weighted by Crippen LogP contribution is 2.34. The second kappa shape index (κ2) is 5.61. The Kier molecular flexibility index (Phi) is 3.66. The molecule has 0 fully saturated rings. The number of nitrogens with one attached hydrogen (secondary N) is 1. The van der Waals surface area contributed by atoms with Gasteiger partial charge in [-0.2, -0.15) is 0 Å². The molecule has 0 unspecified atom stereocenters. The van der Waals surface area contributed by atoms with Crippen molar-refractivity contribution >= 4 is 23.2 Å². The topological polar surface area (TPSA) is 60.5 Å². The number of ether oxygens (including phenoxy) is 2. The van der Waals surface area contributed by atoms with Crippen molar-refractivity contribution in [1.29, 1.82) is 0 Å². The maximum atomic E-state index is 12.4. The third-order valence-electron chi connectivity index (χ3n) is 3.11. The van der Waals surface area contributed by atoms with Crippen LogP contribution in [-0.2, 0) is 0 Å². The number of amides is 1. The highest BCUT2D eigenvalue weighted by molar-refractivity contribution is 6.29. The van der Waals surface area contributed by atoms with Gasteiger partial charge in [0.05, 0.1) is 16.9 Å². The van der Waals surface area contributed by atoms with Crippen molar-refractivity contribution in [2.45, 2.75) is 6.92 Å². The minimum Gasteiger partial charge on any atom is -0.486 e. The molecule has 0 bridgehead atoms. The molecular weight excluding hydrogens is 292 g/mol. The van der Waals surface area contributed by atoms with Gasteiger partial charge >= 0.3 is 0 Å². The Morgan fingerprint density at radius 2 is 2.05 bits per heavy atom. The zero-order valence-electron chi connectivity index (χ0n) is 11.4. The number of hydrogen-bond donors (Lipinski definition) is 1. The summed E-state index contributed by atoms with van der Waals surface area (Å²) in [5, 5.41) is 3.20. The molecule has 1 aromatic carbocycles. The number of nitrogens with zero attached hydrogens (tertiary/aromatic N) is 1. The molecule has 5 nitrogen and oxygen atoms in total. The van der Waals surface area contributed by atoms with Crippen LogP contribution in [0.1, 0.15) is 16.1 Å². The summed E-state index contributed by atoms with van der Waals surface area (Å²) in [6.07, 6.45) is 0. The maximum Gasteiger partial charge on any atom is 0.259 e. The molecule has 0 atom stereocenters. The SMILES string of the molecule is Cc1nc(Cl)ccc1NC(=O)c1cccc2c1OCCO2. The van der Waals surface area contributed by atoms with Crippen LogP contribution in [0.4, 0.5) is 5.69 Å². The van der Waals surface area contributed by atoms with E-state index in [1.54, 1.807) is 37.3 Å². The van der Waals surface area contributed by atoms with Gasteiger partial charge in [0.2, 0.25) is 0 Å². The zero-order chi connectivity index (χ0) is 14.8. The van der Waals surface area contributed by atoms with Crippen LogP contribution in [0.5, 0.6) is 11.5 Å². The van der Waals surface area contributed by atoms with Gasteiger partial charge in [-0.3, -0.25) is 4.79 Å². The molecule has 2 aromatic rings. The number of halogens is 1. The van der Waals surface area contributed by atoms with E-state index in [2.05, 4.69) is 10.3 Å². The van der Waals surface area contributed by atoms with Crippen molar-refractivity contribution in [2.75, 3.05) is 18.5 Å². The monoisotopic (exact) mass is 304 g/mol. The van der Waals surface area contributed by atoms with Crippen LogP contribution in [0.2, 0.25) is 5.15 Å². The van der Waals surface area contributed by atoms with Gasteiger partial charge in [0, 0.05) is 0 Å². The minimum atomic E-state index is -0.274. The average molecular weight is 305 g/mol. The van der Waals surface area contributed by atoms with E-state index in [1.807, 2.05) is 0 Å². The van der Waals surface area contributed by atoms with Gasteiger partial charge in [-0.25, -0.2) is 4.98 Å². The molecule has 1 aliphatic heterocycles. The first-order chi connectivity index (χ1) is 10.1. The molecule has 108 valence electrons. The fraction of sp³-hybridized carbons (Fsp3) is 0.200. The Morgan fingerprint density at radius 3 is 2.86 bits per heavy atom.